The van der Waals surface area contributed by atoms with Crippen LogP contribution in [0.5, 0.6) is 17.2 Å². The molecule has 4 heteroatoms. The van der Waals surface area contributed by atoms with Gasteiger partial charge >= 0.3 is 8.60 Å². The van der Waals surface area contributed by atoms with Gasteiger partial charge in [-0.1, -0.05) is 161 Å². The molecule has 0 atom stereocenters. The summed E-state index contributed by atoms with van der Waals surface area (Å²) in [6.07, 6.45) is 0. The molecule has 0 unspecified atom stereocenters. The Bertz CT molecular complexity index is 1450. The molecule has 0 N–H and O–H groups in total. The van der Waals surface area contributed by atoms with Crippen LogP contribution in [-0.4, -0.2) is 0 Å². The molecule has 0 radical (unpaired) electrons. The fourth-order valence-electron chi connectivity index (χ4n) is 5.94. The lowest BCUT2D eigenvalue weighted by molar-refractivity contribution is 0.368. The van der Waals surface area contributed by atoms with E-state index in [1.165, 1.54) is 16.7 Å². The van der Waals surface area contributed by atoms with Crippen LogP contribution in [0.2, 0.25) is 0 Å². The van der Waals surface area contributed by atoms with Gasteiger partial charge in [-0.25, -0.2) is 0 Å². The van der Waals surface area contributed by atoms with Crippen molar-refractivity contribution in [3.63, 3.8) is 0 Å². The van der Waals surface area contributed by atoms with Crippen molar-refractivity contribution in [2.75, 3.05) is 0 Å². The summed E-state index contributed by atoms with van der Waals surface area (Å²) in [6.45, 7) is 47.2. The van der Waals surface area contributed by atoms with Gasteiger partial charge in [-0.15, -0.1) is 0 Å². The maximum atomic E-state index is 7.14. The highest BCUT2D eigenvalue weighted by Gasteiger charge is 2.35. The van der Waals surface area contributed by atoms with Crippen molar-refractivity contribution < 1.29 is 13.6 Å². The Morgan fingerprint density at radius 3 is 0.694 bits per heavy atom. The topological polar surface area (TPSA) is 27.7 Å². The van der Waals surface area contributed by atoms with E-state index in [0.29, 0.717) is 0 Å². The first-order valence-electron chi connectivity index (χ1n) is 18.1. The third-order valence-corrected chi connectivity index (χ3v) is 10.3. The van der Waals surface area contributed by atoms with Crippen LogP contribution in [0, 0.1) is 20.8 Å². The Kier molecular flexibility index (Phi) is 11.3. The predicted octanol–water partition coefficient (Wildman–Crippen LogP) is 14.2. The highest BCUT2D eigenvalue weighted by Crippen LogP contribution is 2.52. The van der Waals surface area contributed by atoms with Crippen molar-refractivity contribution in [1.29, 1.82) is 0 Å². The van der Waals surface area contributed by atoms with E-state index in [1.807, 2.05) is 0 Å². The number of rotatable bonds is 6. The quantitative estimate of drug-likeness (QED) is 0.241. The van der Waals surface area contributed by atoms with E-state index >= 15 is 0 Å². The second-order valence-electron chi connectivity index (χ2n) is 20.5. The normalized spacial score (nSPS) is 13.6. The summed E-state index contributed by atoms with van der Waals surface area (Å²) in [5.41, 5.74) is 10.1. The number of benzene rings is 3. The fourth-order valence-corrected chi connectivity index (χ4v) is 7.22. The van der Waals surface area contributed by atoms with E-state index in [2.05, 4.69) is 182 Å². The summed E-state index contributed by atoms with van der Waals surface area (Å²) in [4.78, 5) is 0. The largest absolute Gasteiger partial charge is 0.530 e. The fraction of sp³-hybridized carbons (Fsp3) is 0.600. The number of aryl methyl sites for hydroxylation is 3. The van der Waals surface area contributed by atoms with Crippen LogP contribution < -0.4 is 13.6 Å². The molecule has 3 aromatic carbocycles. The minimum absolute atomic E-state index is 0.00205. The van der Waals surface area contributed by atoms with Crippen molar-refractivity contribution in [1.82, 2.24) is 0 Å². The zero-order chi connectivity index (χ0) is 37.9. The molecule has 0 saturated carbocycles. The highest BCUT2D eigenvalue weighted by molar-refractivity contribution is 7.43. The molecular weight excluding hydrogens is 619 g/mol. The van der Waals surface area contributed by atoms with Gasteiger partial charge in [0.1, 0.15) is 17.2 Å². The molecule has 49 heavy (non-hydrogen) atoms. The third-order valence-electron chi connectivity index (χ3n) is 9.34. The molecule has 3 rings (SSSR count). The zero-order valence-electron chi connectivity index (χ0n) is 35.1. The zero-order valence-corrected chi connectivity index (χ0v) is 36.0. The molecule has 0 aliphatic carbocycles. The molecule has 0 saturated heterocycles. The smallest absolute Gasteiger partial charge is 0.408 e. The van der Waals surface area contributed by atoms with Gasteiger partial charge in [0.2, 0.25) is 0 Å². The summed E-state index contributed by atoms with van der Waals surface area (Å²) >= 11 is 0. The Morgan fingerprint density at radius 1 is 0.327 bits per heavy atom. The molecule has 3 nitrogen and oxygen atoms in total. The molecule has 0 bridgehead atoms. The second kappa shape index (κ2) is 13.6. The standard InChI is InChI=1S/C45H69O3P/c1-28-22-31(40(4,5)6)25-34(43(13,14)15)37(28)46-49(47-38-29(2)23-32(41(7,8)9)26-35(38)44(16,17)18)48-39-30(3)24-33(42(10,11)12)27-36(39)45(19,20)21/h22-27H,1-21H3. The SMILES string of the molecule is Cc1cc(C(C)(C)C)cc(C(C)(C)C)c1OP(Oc1c(C)cc(C(C)(C)C)cc1C(C)(C)C)Oc1c(C)cc(C(C)(C)C)cc1C(C)(C)C. The van der Waals surface area contributed by atoms with Gasteiger partial charge in [-0.05, 0) is 86.6 Å². The van der Waals surface area contributed by atoms with E-state index in [1.54, 1.807) is 0 Å². The van der Waals surface area contributed by atoms with Gasteiger partial charge in [0.05, 0.1) is 0 Å². The van der Waals surface area contributed by atoms with Crippen LogP contribution in [0.15, 0.2) is 36.4 Å². The Labute approximate surface area is 302 Å². The number of hydrogen-bond acceptors (Lipinski definition) is 3. The van der Waals surface area contributed by atoms with E-state index in [-0.39, 0.29) is 32.5 Å². The molecular formula is C45H69O3P. The maximum Gasteiger partial charge on any atom is 0.530 e. The van der Waals surface area contributed by atoms with Gasteiger partial charge in [0, 0.05) is 16.7 Å². The molecule has 0 fully saturated rings. The second-order valence-corrected chi connectivity index (χ2v) is 21.5. The predicted molar refractivity (Wildman–Crippen MR) is 215 cm³/mol. The van der Waals surface area contributed by atoms with Crippen molar-refractivity contribution >= 4 is 8.60 Å². The van der Waals surface area contributed by atoms with Crippen molar-refractivity contribution in [2.45, 2.75) is 178 Å². The summed E-state index contributed by atoms with van der Waals surface area (Å²) in [5, 5.41) is 0. The van der Waals surface area contributed by atoms with Crippen LogP contribution in [-0.2, 0) is 32.5 Å². The highest BCUT2D eigenvalue weighted by atomic mass is 31.2. The maximum absolute atomic E-state index is 7.14. The van der Waals surface area contributed by atoms with E-state index in [0.717, 1.165) is 50.6 Å². The summed E-state index contributed by atoms with van der Waals surface area (Å²) in [5.74, 6) is 2.53. The molecule has 0 aromatic heterocycles. The molecule has 3 aromatic rings. The van der Waals surface area contributed by atoms with Gasteiger partial charge in [0.15, 0.2) is 0 Å². The van der Waals surface area contributed by atoms with Crippen LogP contribution in [0.25, 0.3) is 0 Å². The van der Waals surface area contributed by atoms with Gasteiger partial charge in [0.25, 0.3) is 0 Å². The summed E-state index contributed by atoms with van der Waals surface area (Å²) in [6, 6.07) is 13.8. The van der Waals surface area contributed by atoms with E-state index in [4.69, 9.17) is 13.6 Å². The third kappa shape index (κ3) is 9.84. The van der Waals surface area contributed by atoms with Gasteiger partial charge in [-0.2, -0.15) is 0 Å². The van der Waals surface area contributed by atoms with Crippen LogP contribution in [0.4, 0.5) is 0 Å². The van der Waals surface area contributed by atoms with E-state index < -0.39 is 8.60 Å². The summed E-state index contributed by atoms with van der Waals surface area (Å²) in [7, 11) is -1.94. The average Bonchev–Trinajstić information content (AvgIpc) is 2.87. The molecule has 0 heterocycles. The van der Waals surface area contributed by atoms with Gasteiger partial charge in [-0.3, -0.25) is 0 Å². The van der Waals surface area contributed by atoms with Crippen molar-refractivity contribution in [3.8, 4) is 17.2 Å². The molecule has 272 valence electrons. The first-order valence-corrected chi connectivity index (χ1v) is 19.2. The van der Waals surface area contributed by atoms with Gasteiger partial charge < -0.3 is 13.6 Å². The molecule has 0 aliphatic heterocycles. The van der Waals surface area contributed by atoms with Crippen LogP contribution >= 0.6 is 8.60 Å². The van der Waals surface area contributed by atoms with Crippen molar-refractivity contribution in [2.24, 2.45) is 0 Å². The summed E-state index contributed by atoms with van der Waals surface area (Å²) < 4.78 is 21.4. The minimum Gasteiger partial charge on any atom is -0.408 e. The Hall–Kier alpha value is -2.51. The average molecular weight is 689 g/mol. The Morgan fingerprint density at radius 2 is 0.531 bits per heavy atom. The number of hydrogen-bond donors (Lipinski definition) is 0. The monoisotopic (exact) mass is 688 g/mol. The van der Waals surface area contributed by atoms with Crippen molar-refractivity contribution in [3.05, 3.63) is 86.5 Å². The first-order chi connectivity index (χ1) is 21.8. The molecule has 0 aliphatic rings. The lowest BCUT2D eigenvalue weighted by Crippen LogP contribution is -2.21. The minimum atomic E-state index is -1.94. The Balaban J connectivity index is 2.37. The molecule has 0 spiro atoms. The van der Waals surface area contributed by atoms with E-state index in [9.17, 15) is 0 Å². The first kappa shape index (κ1) is 40.9. The van der Waals surface area contributed by atoms with Crippen LogP contribution in [0.3, 0.4) is 0 Å². The van der Waals surface area contributed by atoms with Crippen LogP contribution in [0.1, 0.15) is 175 Å². The molecule has 0 amide bonds. The lowest BCUT2D eigenvalue weighted by Gasteiger charge is -2.33. The lowest BCUT2D eigenvalue weighted by atomic mass is 9.79.